The van der Waals surface area contributed by atoms with Crippen molar-refractivity contribution in [2.24, 2.45) is 0 Å². The van der Waals surface area contributed by atoms with Crippen LogP contribution >= 0.6 is 0 Å². The fraction of sp³-hybridized carbons (Fsp3) is 0.0455. The summed E-state index contributed by atoms with van der Waals surface area (Å²) in [5.41, 5.74) is 0.141. The summed E-state index contributed by atoms with van der Waals surface area (Å²) in [6, 6.07) is 14.9. The van der Waals surface area contributed by atoms with Crippen molar-refractivity contribution < 1.29 is 24.0 Å². The monoisotopic (exact) mass is 417 g/mol. The highest BCUT2D eigenvalue weighted by Gasteiger charge is 2.37. The third kappa shape index (κ3) is 3.48. The van der Waals surface area contributed by atoms with E-state index >= 15 is 0 Å². The second-order valence-corrected chi connectivity index (χ2v) is 6.63. The van der Waals surface area contributed by atoms with Gasteiger partial charge in [0.25, 0.3) is 17.5 Å². The molecule has 0 atom stereocenters. The number of nitrogens with one attached hydrogen (secondary N) is 1. The number of nitro groups is 1. The topological polar surface area (TPSA) is 119 Å². The molecule has 1 aliphatic heterocycles. The van der Waals surface area contributed by atoms with Crippen LogP contribution in [0.2, 0.25) is 0 Å². The van der Waals surface area contributed by atoms with Gasteiger partial charge < -0.3 is 4.74 Å². The summed E-state index contributed by atoms with van der Waals surface area (Å²) in [6.45, 7) is 0. The zero-order valence-electron chi connectivity index (χ0n) is 16.2. The van der Waals surface area contributed by atoms with E-state index in [-0.39, 0.29) is 16.9 Å². The summed E-state index contributed by atoms with van der Waals surface area (Å²) in [4.78, 5) is 49.0. The van der Waals surface area contributed by atoms with Crippen molar-refractivity contribution in [3.05, 3.63) is 81.9 Å². The fourth-order valence-corrected chi connectivity index (χ4v) is 3.36. The maximum atomic E-state index is 13.1. The molecule has 31 heavy (non-hydrogen) atoms. The molecule has 1 N–H and O–H groups in total. The van der Waals surface area contributed by atoms with Gasteiger partial charge >= 0.3 is 6.03 Å². The minimum atomic E-state index is -0.939. The number of rotatable bonds is 4. The van der Waals surface area contributed by atoms with Crippen LogP contribution in [-0.2, 0) is 9.59 Å². The molecule has 1 fully saturated rings. The Kier molecular flexibility index (Phi) is 4.92. The maximum absolute atomic E-state index is 13.1. The highest BCUT2D eigenvalue weighted by molar-refractivity contribution is 6.39. The lowest BCUT2D eigenvalue weighted by Crippen LogP contribution is -2.54. The highest BCUT2D eigenvalue weighted by Crippen LogP contribution is 2.31. The first-order valence-corrected chi connectivity index (χ1v) is 9.12. The van der Waals surface area contributed by atoms with E-state index < -0.39 is 22.8 Å². The predicted octanol–water partition coefficient (Wildman–Crippen LogP) is 3.42. The van der Waals surface area contributed by atoms with E-state index in [1.165, 1.54) is 37.5 Å². The Hall–Kier alpha value is -4.53. The van der Waals surface area contributed by atoms with Crippen LogP contribution in [0, 0.1) is 10.1 Å². The molecule has 9 nitrogen and oxygen atoms in total. The van der Waals surface area contributed by atoms with Crippen LogP contribution in [0.25, 0.3) is 16.8 Å². The number of ether oxygens (including phenoxy) is 1. The quantitative estimate of drug-likeness (QED) is 0.301. The number of carbonyl (C=O) groups excluding carboxylic acids is 3. The van der Waals surface area contributed by atoms with Crippen LogP contribution in [0.5, 0.6) is 5.75 Å². The summed E-state index contributed by atoms with van der Waals surface area (Å²) >= 11 is 0. The van der Waals surface area contributed by atoms with E-state index in [4.69, 9.17) is 4.74 Å². The molecule has 1 heterocycles. The fourth-order valence-electron chi connectivity index (χ4n) is 3.36. The van der Waals surface area contributed by atoms with Gasteiger partial charge in [0.15, 0.2) is 0 Å². The van der Waals surface area contributed by atoms with Crippen molar-refractivity contribution in [2.75, 3.05) is 12.0 Å². The molecule has 1 aliphatic rings. The van der Waals surface area contributed by atoms with Gasteiger partial charge in [-0.2, -0.15) is 0 Å². The Labute approximate surface area is 175 Å². The first kappa shape index (κ1) is 19.8. The molecule has 0 unspecified atom stereocenters. The third-order valence-corrected chi connectivity index (χ3v) is 4.86. The number of barbiturate groups is 1. The Balaban J connectivity index is 1.82. The highest BCUT2D eigenvalue weighted by atomic mass is 16.6. The SMILES string of the molecule is COc1ccc2ccccc2c1/C=C1/C(=O)NC(=O)N(c2ccc([N+](=O)[O-])cc2)C1=O. The molecule has 3 aromatic rings. The number of hydrogen-bond acceptors (Lipinski definition) is 6. The first-order valence-electron chi connectivity index (χ1n) is 9.12. The lowest BCUT2D eigenvalue weighted by Gasteiger charge is -2.26. The zero-order chi connectivity index (χ0) is 22.1. The number of hydrogen-bond donors (Lipinski definition) is 1. The molecule has 0 aromatic heterocycles. The number of imide groups is 2. The van der Waals surface area contributed by atoms with Gasteiger partial charge in [-0.1, -0.05) is 30.3 Å². The number of fused-ring (bicyclic) bond motifs is 1. The van der Waals surface area contributed by atoms with Gasteiger partial charge in [-0.15, -0.1) is 0 Å². The van der Waals surface area contributed by atoms with Crippen LogP contribution in [0.1, 0.15) is 5.56 Å². The van der Waals surface area contributed by atoms with Gasteiger partial charge in [0.05, 0.1) is 17.7 Å². The number of urea groups is 1. The standard InChI is InChI=1S/C22H15N3O6/c1-31-19-11-6-13-4-2-3-5-16(13)17(19)12-18-20(26)23-22(28)24(21(18)27)14-7-9-15(10-8-14)25(29)30/h2-12H,1H3,(H,23,26,28)/b18-12-. The normalized spacial score (nSPS) is 15.3. The minimum Gasteiger partial charge on any atom is -0.496 e. The van der Waals surface area contributed by atoms with Gasteiger partial charge in [0.2, 0.25) is 0 Å². The molecule has 0 saturated carbocycles. The smallest absolute Gasteiger partial charge is 0.335 e. The molecule has 9 heteroatoms. The second-order valence-electron chi connectivity index (χ2n) is 6.63. The number of nitrogens with zero attached hydrogens (tertiary/aromatic N) is 2. The summed E-state index contributed by atoms with van der Waals surface area (Å²) in [6.07, 6.45) is 1.38. The molecule has 4 amide bonds. The molecule has 0 aliphatic carbocycles. The summed E-state index contributed by atoms with van der Waals surface area (Å²) in [5, 5.41) is 14.6. The van der Waals surface area contributed by atoms with Gasteiger partial charge in [0.1, 0.15) is 11.3 Å². The van der Waals surface area contributed by atoms with E-state index in [9.17, 15) is 24.5 Å². The van der Waals surface area contributed by atoms with Gasteiger partial charge in [-0.25, -0.2) is 9.69 Å². The summed E-state index contributed by atoms with van der Waals surface area (Å²) in [5.74, 6) is -1.24. The Morgan fingerprint density at radius 2 is 1.71 bits per heavy atom. The van der Waals surface area contributed by atoms with Crippen LogP contribution in [0.4, 0.5) is 16.2 Å². The maximum Gasteiger partial charge on any atom is 0.335 e. The van der Waals surface area contributed by atoms with Crippen LogP contribution < -0.4 is 15.0 Å². The number of nitro benzene ring substituents is 1. The molecule has 0 bridgehead atoms. The number of carbonyl (C=O) groups is 3. The van der Waals surface area contributed by atoms with Gasteiger partial charge in [-0.3, -0.25) is 25.0 Å². The van der Waals surface area contributed by atoms with E-state index in [0.29, 0.717) is 11.3 Å². The molecule has 1 saturated heterocycles. The van der Waals surface area contributed by atoms with Crippen molar-refractivity contribution in [3.63, 3.8) is 0 Å². The number of benzene rings is 3. The average Bonchev–Trinajstić information content (AvgIpc) is 2.76. The van der Waals surface area contributed by atoms with E-state index in [1.807, 2.05) is 30.3 Å². The molecule has 154 valence electrons. The van der Waals surface area contributed by atoms with Crippen molar-refractivity contribution in [3.8, 4) is 5.75 Å². The molecule has 0 radical (unpaired) electrons. The number of methoxy groups -OCH3 is 1. The largest absolute Gasteiger partial charge is 0.496 e. The Bertz CT molecular complexity index is 1280. The lowest BCUT2D eigenvalue weighted by molar-refractivity contribution is -0.384. The lowest BCUT2D eigenvalue weighted by atomic mass is 9.99. The van der Waals surface area contributed by atoms with E-state index in [2.05, 4.69) is 5.32 Å². The van der Waals surface area contributed by atoms with Crippen LogP contribution in [0.15, 0.2) is 66.2 Å². The summed E-state index contributed by atoms with van der Waals surface area (Å²) < 4.78 is 5.40. The average molecular weight is 417 g/mol. The first-order chi connectivity index (χ1) is 14.9. The molecular weight excluding hydrogens is 402 g/mol. The number of amides is 4. The molecule has 3 aromatic carbocycles. The summed E-state index contributed by atoms with van der Waals surface area (Å²) in [7, 11) is 1.47. The van der Waals surface area contributed by atoms with Crippen molar-refractivity contribution in [1.82, 2.24) is 5.32 Å². The second kappa shape index (κ2) is 7.71. The van der Waals surface area contributed by atoms with E-state index in [1.54, 1.807) is 6.07 Å². The van der Waals surface area contributed by atoms with Crippen molar-refractivity contribution in [2.45, 2.75) is 0 Å². The molecular formula is C22H15N3O6. The van der Waals surface area contributed by atoms with Crippen LogP contribution in [0.3, 0.4) is 0 Å². The Morgan fingerprint density at radius 3 is 2.39 bits per heavy atom. The van der Waals surface area contributed by atoms with Crippen LogP contribution in [-0.4, -0.2) is 29.9 Å². The third-order valence-electron chi connectivity index (χ3n) is 4.86. The van der Waals surface area contributed by atoms with E-state index in [0.717, 1.165) is 15.7 Å². The van der Waals surface area contributed by atoms with Crippen molar-refractivity contribution >= 4 is 46.1 Å². The predicted molar refractivity (Wildman–Crippen MR) is 113 cm³/mol. The zero-order valence-corrected chi connectivity index (χ0v) is 16.2. The number of anilines is 1. The van der Waals surface area contributed by atoms with Crippen molar-refractivity contribution in [1.29, 1.82) is 0 Å². The molecule has 4 rings (SSSR count). The number of non-ortho nitro benzene ring substituents is 1. The Morgan fingerprint density at radius 1 is 1.00 bits per heavy atom. The van der Waals surface area contributed by atoms with Gasteiger partial charge in [0, 0.05) is 17.7 Å². The van der Waals surface area contributed by atoms with Gasteiger partial charge in [-0.05, 0) is 35.0 Å². The molecule has 0 spiro atoms. The minimum absolute atomic E-state index is 0.0939.